The fraction of sp³-hybridized carbons (Fsp3) is 0.355. The second-order valence-electron chi connectivity index (χ2n) is 10.4. The molecule has 12 heteroatoms. The number of Topliss-reactive ketones (excluding diaryl/α,β-unsaturated/α-hetero) is 1. The molecule has 0 aliphatic carbocycles. The molecule has 11 nitrogen and oxygen atoms in total. The average Bonchev–Trinajstić information content (AvgIpc) is 3.55. The fourth-order valence-corrected chi connectivity index (χ4v) is 5.72. The lowest BCUT2D eigenvalue weighted by molar-refractivity contribution is -0.157. The minimum atomic E-state index is -0.786. The van der Waals surface area contributed by atoms with Gasteiger partial charge in [0, 0.05) is 31.1 Å². The predicted octanol–water partition coefficient (Wildman–Crippen LogP) is 1.99. The van der Waals surface area contributed by atoms with Gasteiger partial charge < -0.3 is 26.2 Å². The highest BCUT2D eigenvalue weighted by molar-refractivity contribution is 7.11. The Morgan fingerprint density at radius 1 is 1.05 bits per heavy atom. The van der Waals surface area contributed by atoms with Gasteiger partial charge in [-0.05, 0) is 36.8 Å². The quantitative estimate of drug-likeness (QED) is 0.0894. The first-order valence-electron chi connectivity index (χ1n) is 14.3. The summed E-state index contributed by atoms with van der Waals surface area (Å²) in [6, 6.07) is 17.9. The SMILES string of the molecule is N=C(N)NC(CCCNC(=O)CN1C(=O)CN(CCCc2ccccc2)C(=O)C1Cc1ccccc1)C(=O)c1nccs1. The number of hydrogen-bond acceptors (Lipinski definition) is 7. The average molecular weight is 604 g/mol. The minimum absolute atomic E-state index is 0.0660. The summed E-state index contributed by atoms with van der Waals surface area (Å²) >= 11 is 1.20. The largest absolute Gasteiger partial charge is 0.370 e. The number of guanidine groups is 1. The van der Waals surface area contributed by atoms with Crippen molar-refractivity contribution < 1.29 is 19.2 Å². The third-order valence-corrected chi connectivity index (χ3v) is 8.01. The van der Waals surface area contributed by atoms with E-state index < -0.39 is 12.1 Å². The van der Waals surface area contributed by atoms with Crippen LogP contribution in [0.1, 0.15) is 40.2 Å². The van der Waals surface area contributed by atoms with Crippen molar-refractivity contribution in [2.24, 2.45) is 5.73 Å². The van der Waals surface area contributed by atoms with Crippen LogP contribution in [0.2, 0.25) is 0 Å². The van der Waals surface area contributed by atoms with Crippen molar-refractivity contribution in [1.29, 1.82) is 5.41 Å². The topological polar surface area (TPSA) is 162 Å². The number of amides is 3. The zero-order chi connectivity index (χ0) is 30.6. The maximum absolute atomic E-state index is 13.6. The lowest BCUT2D eigenvalue weighted by Crippen LogP contribution is -2.62. The monoisotopic (exact) mass is 603 g/mol. The van der Waals surface area contributed by atoms with E-state index in [1.807, 2.05) is 60.7 Å². The number of carbonyl (C=O) groups is 4. The molecule has 1 aliphatic rings. The van der Waals surface area contributed by atoms with Crippen molar-refractivity contribution in [3.05, 3.63) is 88.4 Å². The van der Waals surface area contributed by atoms with Gasteiger partial charge in [0.15, 0.2) is 11.0 Å². The van der Waals surface area contributed by atoms with Gasteiger partial charge in [-0.3, -0.25) is 24.6 Å². The number of nitrogens with two attached hydrogens (primary N) is 1. The molecule has 43 heavy (non-hydrogen) atoms. The molecule has 0 bridgehead atoms. The summed E-state index contributed by atoms with van der Waals surface area (Å²) in [5.74, 6) is -1.42. The molecule has 4 rings (SSSR count). The third-order valence-electron chi connectivity index (χ3n) is 7.22. The second kappa shape index (κ2) is 15.6. The highest BCUT2D eigenvalue weighted by atomic mass is 32.1. The van der Waals surface area contributed by atoms with Crippen LogP contribution >= 0.6 is 11.3 Å². The first kappa shape index (κ1) is 31.4. The molecule has 0 spiro atoms. The standard InChI is InChI=1S/C31H37N7O4S/c32-31(33)36-24(28(41)29-35-16-18-43-29)14-7-15-34-26(39)20-38-25(19-23-11-5-2-6-12-23)30(42)37(21-27(38)40)17-8-13-22-9-3-1-4-10-22/h1-6,9-12,16,18,24-25H,7-8,13-15,17,19-21H2,(H,34,39)(H4,32,33,36). The maximum Gasteiger partial charge on any atom is 0.246 e. The van der Waals surface area contributed by atoms with Crippen LogP contribution in [0.3, 0.4) is 0 Å². The number of ketones is 1. The molecule has 3 aromatic rings. The number of aryl methyl sites for hydroxylation is 1. The second-order valence-corrected chi connectivity index (χ2v) is 11.3. The number of nitrogens with one attached hydrogen (secondary N) is 3. The van der Waals surface area contributed by atoms with E-state index in [1.54, 1.807) is 10.3 Å². The van der Waals surface area contributed by atoms with E-state index in [0.717, 1.165) is 18.4 Å². The summed E-state index contributed by atoms with van der Waals surface area (Å²) < 4.78 is 0. The summed E-state index contributed by atoms with van der Waals surface area (Å²) in [5.41, 5.74) is 7.54. The molecule has 1 fully saturated rings. The highest BCUT2D eigenvalue weighted by Gasteiger charge is 2.39. The van der Waals surface area contributed by atoms with Crippen LogP contribution in [-0.4, -0.2) is 82.5 Å². The number of aromatic nitrogens is 1. The van der Waals surface area contributed by atoms with Gasteiger partial charge in [0.05, 0.1) is 12.6 Å². The van der Waals surface area contributed by atoms with Crippen molar-refractivity contribution in [3.8, 4) is 0 Å². The van der Waals surface area contributed by atoms with E-state index >= 15 is 0 Å². The predicted molar refractivity (Wildman–Crippen MR) is 165 cm³/mol. The lowest BCUT2D eigenvalue weighted by atomic mass is 10.00. The van der Waals surface area contributed by atoms with Crippen molar-refractivity contribution in [2.75, 3.05) is 26.2 Å². The zero-order valence-corrected chi connectivity index (χ0v) is 24.7. The molecule has 1 aliphatic heterocycles. The van der Waals surface area contributed by atoms with Crippen LogP contribution in [0, 0.1) is 5.41 Å². The van der Waals surface area contributed by atoms with E-state index in [1.165, 1.54) is 28.0 Å². The van der Waals surface area contributed by atoms with Crippen LogP contribution < -0.4 is 16.4 Å². The molecule has 2 heterocycles. The van der Waals surface area contributed by atoms with E-state index in [4.69, 9.17) is 11.1 Å². The molecule has 0 saturated carbocycles. The summed E-state index contributed by atoms with van der Waals surface area (Å²) in [7, 11) is 0. The Labute approximate surface area is 255 Å². The van der Waals surface area contributed by atoms with Gasteiger partial charge in [0.25, 0.3) is 0 Å². The number of benzene rings is 2. The Bertz CT molecular complexity index is 1390. The molecular formula is C31H37N7O4S. The Hall–Kier alpha value is -4.58. The van der Waals surface area contributed by atoms with Gasteiger partial charge in [-0.1, -0.05) is 60.7 Å². The normalized spacial score (nSPS) is 15.7. The molecular weight excluding hydrogens is 566 g/mol. The first-order chi connectivity index (χ1) is 20.8. The Morgan fingerprint density at radius 2 is 1.74 bits per heavy atom. The number of rotatable bonds is 15. The summed E-state index contributed by atoms with van der Waals surface area (Å²) in [5, 5.41) is 15.0. The van der Waals surface area contributed by atoms with Crippen LogP contribution in [0.5, 0.6) is 0 Å². The van der Waals surface area contributed by atoms with E-state index in [0.29, 0.717) is 30.8 Å². The van der Waals surface area contributed by atoms with Crippen molar-refractivity contribution in [2.45, 2.75) is 44.2 Å². The van der Waals surface area contributed by atoms with Gasteiger partial charge in [-0.2, -0.15) is 0 Å². The molecule has 0 radical (unpaired) electrons. The van der Waals surface area contributed by atoms with Gasteiger partial charge in [-0.25, -0.2) is 4.98 Å². The van der Waals surface area contributed by atoms with Gasteiger partial charge in [0.1, 0.15) is 12.6 Å². The van der Waals surface area contributed by atoms with E-state index in [9.17, 15) is 19.2 Å². The minimum Gasteiger partial charge on any atom is -0.370 e. The molecule has 2 aromatic carbocycles. The van der Waals surface area contributed by atoms with Crippen molar-refractivity contribution in [3.63, 3.8) is 0 Å². The van der Waals surface area contributed by atoms with Crippen LogP contribution in [0.4, 0.5) is 0 Å². The Kier molecular flexibility index (Phi) is 11.4. The van der Waals surface area contributed by atoms with E-state index in [-0.39, 0.29) is 49.1 Å². The van der Waals surface area contributed by atoms with Crippen molar-refractivity contribution >= 4 is 40.8 Å². The number of hydrogen-bond donors (Lipinski definition) is 4. The summed E-state index contributed by atoms with van der Waals surface area (Å²) in [4.78, 5) is 59.6. The molecule has 2 atom stereocenters. The molecule has 3 amide bonds. The van der Waals surface area contributed by atoms with Gasteiger partial charge in [0.2, 0.25) is 23.5 Å². The third kappa shape index (κ3) is 9.20. The molecule has 1 aromatic heterocycles. The molecule has 5 N–H and O–H groups in total. The smallest absolute Gasteiger partial charge is 0.246 e. The fourth-order valence-electron chi connectivity index (χ4n) is 5.09. The highest BCUT2D eigenvalue weighted by Crippen LogP contribution is 2.19. The Balaban J connectivity index is 1.33. The number of piperazine rings is 1. The molecule has 1 saturated heterocycles. The number of carbonyl (C=O) groups excluding carboxylic acids is 4. The van der Waals surface area contributed by atoms with Crippen LogP contribution in [0.15, 0.2) is 72.2 Å². The molecule has 226 valence electrons. The van der Waals surface area contributed by atoms with Gasteiger partial charge >= 0.3 is 0 Å². The summed E-state index contributed by atoms with van der Waals surface area (Å²) in [6.45, 7) is 0.390. The molecule has 2 unspecified atom stereocenters. The van der Waals surface area contributed by atoms with Crippen LogP contribution in [-0.2, 0) is 27.2 Å². The summed E-state index contributed by atoms with van der Waals surface area (Å²) in [6.07, 6.45) is 4.10. The van der Waals surface area contributed by atoms with E-state index in [2.05, 4.69) is 15.6 Å². The van der Waals surface area contributed by atoms with Gasteiger partial charge in [-0.15, -0.1) is 11.3 Å². The number of nitrogens with zero attached hydrogens (tertiary/aromatic N) is 3. The first-order valence-corrected chi connectivity index (χ1v) is 15.2. The number of thiazole rings is 1. The zero-order valence-electron chi connectivity index (χ0n) is 23.9. The maximum atomic E-state index is 13.6. The Morgan fingerprint density at radius 3 is 2.40 bits per heavy atom. The van der Waals surface area contributed by atoms with Crippen molar-refractivity contribution in [1.82, 2.24) is 25.4 Å². The lowest BCUT2D eigenvalue weighted by Gasteiger charge is -2.40. The van der Waals surface area contributed by atoms with Crippen LogP contribution in [0.25, 0.3) is 0 Å².